The Morgan fingerprint density at radius 1 is 0.875 bits per heavy atom. The molecule has 3 atom stereocenters. The van der Waals surface area contributed by atoms with Crippen LogP contribution in [0.15, 0.2) is 108 Å². The summed E-state index contributed by atoms with van der Waals surface area (Å²) in [4.78, 5) is 48.3. The molecule has 48 heavy (non-hydrogen) atoms. The van der Waals surface area contributed by atoms with Crippen molar-refractivity contribution in [2.45, 2.75) is 65.1 Å². The van der Waals surface area contributed by atoms with Gasteiger partial charge in [0, 0.05) is 23.0 Å². The number of hydrogen-bond donors (Lipinski definition) is 2. The predicted octanol–water partition coefficient (Wildman–Crippen LogP) is 7.20. The van der Waals surface area contributed by atoms with Crippen LogP contribution in [-0.4, -0.2) is 29.6 Å². The Labute approximate surface area is 283 Å². The van der Waals surface area contributed by atoms with Gasteiger partial charge in [-0.2, -0.15) is 0 Å². The predicted molar refractivity (Wildman–Crippen MR) is 191 cm³/mol. The number of aryl methyl sites for hydroxylation is 1. The standard InChI is InChI=1S/C41H44N4O3/c1-3-4-15-33(38(42)46)35(25-28-20-21-28)40(47)44-39-41(48)45(26-29-11-10-14-32(24-29)30-22-18-27(2)19-23-30)36-17-9-8-16-34(36)37(43-39)31-12-6-5-7-13-31/h5-14,16-19,22-24,28,33,35,39H,3-4,15,20-21,25-26H2,1-2H3,(H2,42,46)(H,44,47). The van der Waals surface area contributed by atoms with Gasteiger partial charge >= 0.3 is 0 Å². The van der Waals surface area contributed by atoms with E-state index in [1.807, 2.05) is 66.7 Å². The van der Waals surface area contributed by atoms with Crippen LogP contribution in [0.5, 0.6) is 0 Å². The van der Waals surface area contributed by atoms with E-state index in [9.17, 15) is 14.4 Å². The summed E-state index contributed by atoms with van der Waals surface area (Å²) in [5, 5.41) is 3.02. The molecule has 3 amide bonds. The molecule has 4 aromatic rings. The highest BCUT2D eigenvalue weighted by atomic mass is 16.2. The van der Waals surface area contributed by atoms with Gasteiger partial charge in [0.2, 0.25) is 18.0 Å². The van der Waals surface area contributed by atoms with Crippen molar-refractivity contribution in [2.24, 2.45) is 28.5 Å². The average Bonchev–Trinajstić information content (AvgIpc) is 3.94. The van der Waals surface area contributed by atoms with Gasteiger partial charge in [-0.1, -0.05) is 129 Å². The molecule has 1 saturated carbocycles. The quantitative estimate of drug-likeness (QED) is 0.162. The number of hydrogen-bond acceptors (Lipinski definition) is 4. The van der Waals surface area contributed by atoms with Crippen LogP contribution in [0.2, 0.25) is 0 Å². The molecular formula is C41H44N4O3. The summed E-state index contributed by atoms with van der Waals surface area (Å²) >= 11 is 0. The number of nitrogens with one attached hydrogen (secondary N) is 1. The maximum Gasteiger partial charge on any atom is 0.272 e. The first-order chi connectivity index (χ1) is 23.3. The molecule has 4 aromatic carbocycles. The van der Waals surface area contributed by atoms with E-state index in [2.05, 4.69) is 55.6 Å². The minimum atomic E-state index is -1.19. The summed E-state index contributed by atoms with van der Waals surface area (Å²) in [6.45, 7) is 4.41. The number of unbranched alkanes of at least 4 members (excludes halogenated alkanes) is 1. The van der Waals surface area contributed by atoms with Gasteiger partial charge in [-0.3, -0.25) is 14.4 Å². The van der Waals surface area contributed by atoms with Crippen LogP contribution in [-0.2, 0) is 20.9 Å². The molecule has 1 aliphatic heterocycles. The molecule has 1 heterocycles. The zero-order valence-corrected chi connectivity index (χ0v) is 27.8. The van der Waals surface area contributed by atoms with Crippen LogP contribution in [0.25, 0.3) is 11.1 Å². The molecule has 0 radical (unpaired) electrons. The van der Waals surface area contributed by atoms with E-state index in [1.165, 1.54) is 5.56 Å². The van der Waals surface area contributed by atoms with E-state index in [0.717, 1.165) is 59.2 Å². The Hall–Kier alpha value is -5.04. The highest BCUT2D eigenvalue weighted by Gasteiger charge is 2.40. The number of nitrogens with zero attached hydrogens (tertiary/aromatic N) is 2. The van der Waals surface area contributed by atoms with E-state index in [-0.39, 0.29) is 18.4 Å². The van der Waals surface area contributed by atoms with Crippen molar-refractivity contribution in [3.05, 3.63) is 125 Å². The number of para-hydroxylation sites is 1. The largest absolute Gasteiger partial charge is 0.369 e. The molecule has 246 valence electrons. The number of aliphatic imine (C=N–C) groups is 1. The monoisotopic (exact) mass is 640 g/mol. The lowest BCUT2D eigenvalue weighted by atomic mass is 9.83. The number of primary amides is 1. The van der Waals surface area contributed by atoms with Gasteiger partial charge in [0.1, 0.15) is 0 Å². The average molecular weight is 641 g/mol. The number of benzodiazepines with no additional fused rings is 1. The van der Waals surface area contributed by atoms with Crippen molar-refractivity contribution in [1.29, 1.82) is 0 Å². The minimum Gasteiger partial charge on any atom is -0.369 e. The zero-order chi connectivity index (χ0) is 33.6. The molecule has 3 unspecified atom stereocenters. The lowest BCUT2D eigenvalue weighted by Gasteiger charge is -2.28. The molecule has 2 aliphatic rings. The Morgan fingerprint density at radius 3 is 2.29 bits per heavy atom. The molecule has 1 aliphatic carbocycles. The Balaban J connectivity index is 1.38. The Bertz CT molecular complexity index is 1800. The van der Waals surface area contributed by atoms with E-state index in [4.69, 9.17) is 10.7 Å². The van der Waals surface area contributed by atoms with Crippen LogP contribution in [0.3, 0.4) is 0 Å². The van der Waals surface area contributed by atoms with Crippen molar-refractivity contribution < 1.29 is 14.4 Å². The summed E-state index contributed by atoms with van der Waals surface area (Å²) < 4.78 is 0. The normalized spacial score (nSPS) is 17.1. The highest BCUT2D eigenvalue weighted by molar-refractivity contribution is 6.20. The second-order valence-corrected chi connectivity index (χ2v) is 13.2. The fraction of sp³-hybridized carbons (Fsp3) is 0.317. The molecule has 1 fully saturated rings. The van der Waals surface area contributed by atoms with Crippen LogP contribution < -0.4 is 16.0 Å². The van der Waals surface area contributed by atoms with Gasteiger partial charge in [-0.05, 0) is 54.5 Å². The fourth-order valence-electron chi connectivity index (χ4n) is 6.66. The molecule has 7 nitrogen and oxygen atoms in total. The molecule has 7 heteroatoms. The van der Waals surface area contributed by atoms with Gasteiger partial charge in [-0.15, -0.1) is 0 Å². The number of amides is 3. The van der Waals surface area contributed by atoms with Gasteiger partial charge in [-0.25, -0.2) is 4.99 Å². The molecule has 0 aromatic heterocycles. The van der Waals surface area contributed by atoms with Crippen LogP contribution >= 0.6 is 0 Å². The SMILES string of the molecule is CCCCC(C(N)=O)C(CC1CC1)C(=O)NC1N=C(c2ccccc2)c2ccccc2N(Cc2cccc(-c3ccc(C)cc3)c2)C1=O. The van der Waals surface area contributed by atoms with Crippen molar-refractivity contribution in [3.8, 4) is 11.1 Å². The van der Waals surface area contributed by atoms with Gasteiger partial charge in [0.05, 0.1) is 17.9 Å². The first-order valence-electron chi connectivity index (χ1n) is 17.1. The summed E-state index contributed by atoms with van der Waals surface area (Å²) in [6.07, 6.45) is 3.69. The summed E-state index contributed by atoms with van der Waals surface area (Å²) in [5.74, 6) is -1.97. The maximum absolute atomic E-state index is 14.7. The van der Waals surface area contributed by atoms with E-state index in [0.29, 0.717) is 24.5 Å². The molecule has 3 N–H and O–H groups in total. The van der Waals surface area contributed by atoms with Crippen molar-refractivity contribution in [3.63, 3.8) is 0 Å². The third-order valence-electron chi connectivity index (χ3n) is 9.53. The molecule has 0 saturated heterocycles. The first kappa shape index (κ1) is 32.9. The zero-order valence-electron chi connectivity index (χ0n) is 27.8. The van der Waals surface area contributed by atoms with Crippen molar-refractivity contribution >= 4 is 29.1 Å². The second-order valence-electron chi connectivity index (χ2n) is 13.2. The second kappa shape index (κ2) is 14.8. The number of rotatable bonds is 13. The minimum absolute atomic E-state index is 0.283. The Morgan fingerprint density at radius 2 is 1.58 bits per heavy atom. The number of nitrogens with two attached hydrogens (primary N) is 1. The number of carbonyl (C=O) groups is 3. The molecular weight excluding hydrogens is 596 g/mol. The summed E-state index contributed by atoms with van der Waals surface area (Å²) in [7, 11) is 0. The number of fused-ring (bicyclic) bond motifs is 1. The van der Waals surface area contributed by atoms with Gasteiger partial charge in [0.25, 0.3) is 5.91 Å². The van der Waals surface area contributed by atoms with Gasteiger partial charge < -0.3 is 16.0 Å². The number of anilines is 1. The maximum atomic E-state index is 14.7. The summed E-state index contributed by atoms with van der Waals surface area (Å²) in [6, 6.07) is 34.1. The number of carbonyl (C=O) groups excluding carboxylic acids is 3. The third kappa shape index (κ3) is 7.57. The molecule has 0 bridgehead atoms. The van der Waals surface area contributed by atoms with Crippen LogP contribution in [0.4, 0.5) is 5.69 Å². The van der Waals surface area contributed by atoms with Crippen molar-refractivity contribution in [2.75, 3.05) is 4.90 Å². The van der Waals surface area contributed by atoms with Crippen LogP contribution in [0, 0.1) is 24.7 Å². The first-order valence-corrected chi connectivity index (χ1v) is 17.1. The van der Waals surface area contributed by atoms with E-state index >= 15 is 0 Å². The topological polar surface area (TPSA) is 105 Å². The molecule has 0 spiro atoms. The van der Waals surface area contributed by atoms with Gasteiger partial charge in [0.15, 0.2) is 0 Å². The fourth-order valence-corrected chi connectivity index (χ4v) is 6.66. The highest BCUT2D eigenvalue weighted by Crippen LogP contribution is 2.39. The van der Waals surface area contributed by atoms with E-state index < -0.39 is 23.9 Å². The van der Waals surface area contributed by atoms with Crippen LogP contribution in [0.1, 0.15) is 67.7 Å². The smallest absolute Gasteiger partial charge is 0.272 e. The lowest BCUT2D eigenvalue weighted by Crippen LogP contribution is -2.50. The third-order valence-corrected chi connectivity index (χ3v) is 9.53. The number of benzene rings is 4. The lowest BCUT2D eigenvalue weighted by molar-refractivity contribution is -0.135. The Kier molecular flexibility index (Phi) is 10.1. The van der Waals surface area contributed by atoms with E-state index in [1.54, 1.807) is 4.90 Å². The molecule has 6 rings (SSSR count). The van der Waals surface area contributed by atoms with Crippen molar-refractivity contribution in [1.82, 2.24) is 5.32 Å². The summed E-state index contributed by atoms with van der Waals surface area (Å²) in [5.41, 5.74) is 13.2.